The maximum absolute atomic E-state index is 6.19. The normalized spacial score (nSPS) is 15.1. The first-order valence-corrected chi connectivity index (χ1v) is 7.12. The molecule has 1 aliphatic heterocycles. The smallest absolute Gasteiger partial charge is 0.225 e. The van der Waals surface area contributed by atoms with E-state index in [1.807, 2.05) is 12.1 Å². The minimum Gasteiger partial charge on any atom is -0.494 e. The standard InChI is InChI=1S/C14H16ClN5O/c1-21-11-9-17-14(18-10-11)20-7-5-19(6-8-20)13-12(15)3-2-4-16-13/h2-4,9-10H,5-8H2,1H3. The lowest BCUT2D eigenvalue weighted by atomic mass is 10.3. The fraction of sp³-hybridized carbons (Fsp3) is 0.357. The Labute approximate surface area is 128 Å². The molecule has 0 aromatic carbocycles. The molecule has 0 spiro atoms. The second-order valence-corrected chi connectivity index (χ2v) is 5.11. The van der Waals surface area contributed by atoms with Gasteiger partial charge in [-0.15, -0.1) is 0 Å². The first kappa shape index (κ1) is 13.9. The van der Waals surface area contributed by atoms with Crippen LogP contribution in [0.2, 0.25) is 5.02 Å². The summed E-state index contributed by atoms with van der Waals surface area (Å²) in [6.07, 6.45) is 5.13. The Morgan fingerprint density at radius 1 is 1.05 bits per heavy atom. The van der Waals surface area contributed by atoms with Gasteiger partial charge in [0.25, 0.3) is 0 Å². The van der Waals surface area contributed by atoms with E-state index in [9.17, 15) is 0 Å². The van der Waals surface area contributed by atoms with Crippen LogP contribution in [0.25, 0.3) is 0 Å². The largest absolute Gasteiger partial charge is 0.494 e. The van der Waals surface area contributed by atoms with Crippen LogP contribution >= 0.6 is 11.6 Å². The number of pyridine rings is 1. The van der Waals surface area contributed by atoms with Crippen molar-refractivity contribution in [2.45, 2.75) is 0 Å². The predicted octanol–water partition coefficient (Wildman–Crippen LogP) is 1.86. The molecule has 0 aliphatic carbocycles. The fourth-order valence-electron chi connectivity index (χ4n) is 2.31. The van der Waals surface area contributed by atoms with Crippen molar-refractivity contribution in [3.63, 3.8) is 0 Å². The molecule has 3 rings (SSSR count). The fourth-order valence-corrected chi connectivity index (χ4v) is 2.55. The second kappa shape index (κ2) is 6.13. The Morgan fingerprint density at radius 3 is 2.33 bits per heavy atom. The number of halogens is 1. The summed E-state index contributed by atoms with van der Waals surface area (Å²) in [5.41, 5.74) is 0. The molecule has 1 aliphatic rings. The van der Waals surface area contributed by atoms with Crippen molar-refractivity contribution < 1.29 is 4.74 Å². The summed E-state index contributed by atoms with van der Waals surface area (Å²) in [5, 5.41) is 0.687. The molecule has 21 heavy (non-hydrogen) atoms. The van der Waals surface area contributed by atoms with E-state index in [-0.39, 0.29) is 0 Å². The van der Waals surface area contributed by atoms with Gasteiger partial charge in [0.1, 0.15) is 5.82 Å². The highest BCUT2D eigenvalue weighted by atomic mass is 35.5. The molecule has 6 nitrogen and oxygen atoms in total. The third kappa shape index (κ3) is 3.00. The number of methoxy groups -OCH3 is 1. The number of rotatable bonds is 3. The third-order valence-electron chi connectivity index (χ3n) is 3.45. The van der Waals surface area contributed by atoms with Crippen LogP contribution < -0.4 is 14.5 Å². The number of hydrogen-bond donors (Lipinski definition) is 0. The lowest BCUT2D eigenvalue weighted by molar-refractivity contribution is 0.410. The number of aromatic nitrogens is 3. The van der Waals surface area contributed by atoms with Gasteiger partial charge in [-0.2, -0.15) is 0 Å². The van der Waals surface area contributed by atoms with E-state index >= 15 is 0 Å². The monoisotopic (exact) mass is 305 g/mol. The zero-order valence-electron chi connectivity index (χ0n) is 11.7. The van der Waals surface area contributed by atoms with Crippen LogP contribution in [0.4, 0.5) is 11.8 Å². The lowest BCUT2D eigenvalue weighted by Crippen LogP contribution is -2.47. The summed E-state index contributed by atoms with van der Waals surface area (Å²) in [7, 11) is 1.60. The van der Waals surface area contributed by atoms with Crippen molar-refractivity contribution in [3.05, 3.63) is 35.7 Å². The van der Waals surface area contributed by atoms with Gasteiger partial charge in [0.15, 0.2) is 5.75 Å². The maximum atomic E-state index is 6.19. The number of ether oxygens (including phenoxy) is 1. The van der Waals surface area contributed by atoms with Crippen molar-refractivity contribution in [1.82, 2.24) is 15.0 Å². The summed E-state index contributed by atoms with van der Waals surface area (Å²) in [5.74, 6) is 2.23. The van der Waals surface area contributed by atoms with Gasteiger partial charge in [-0.1, -0.05) is 11.6 Å². The molecule has 7 heteroatoms. The van der Waals surface area contributed by atoms with Gasteiger partial charge in [0.2, 0.25) is 5.95 Å². The Hall–Kier alpha value is -2.08. The van der Waals surface area contributed by atoms with Crippen molar-refractivity contribution in [2.24, 2.45) is 0 Å². The molecule has 0 radical (unpaired) electrons. The molecule has 0 unspecified atom stereocenters. The van der Waals surface area contributed by atoms with Crippen molar-refractivity contribution in [1.29, 1.82) is 0 Å². The average molecular weight is 306 g/mol. The Balaban J connectivity index is 1.66. The summed E-state index contributed by atoms with van der Waals surface area (Å²) in [4.78, 5) is 17.3. The van der Waals surface area contributed by atoms with Crippen LogP contribution in [-0.2, 0) is 0 Å². The van der Waals surface area contributed by atoms with Crippen LogP contribution in [0.3, 0.4) is 0 Å². The van der Waals surface area contributed by atoms with E-state index in [4.69, 9.17) is 16.3 Å². The first-order chi connectivity index (χ1) is 10.3. The van der Waals surface area contributed by atoms with Crippen molar-refractivity contribution >= 4 is 23.4 Å². The molecule has 1 fully saturated rings. The summed E-state index contributed by atoms with van der Waals surface area (Å²) in [6.45, 7) is 3.34. The van der Waals surface area contributed by atoms with Crippen LogP contribution in [0.5, 0.6) is 5.75 Å². The first-order valence-electron chi connectivity index (χ1n) is 6.74. The van der Waals surface area contributed by atoms with Gasteiger partial charge in [0.05, 0.1) is 24.5 Å². The van der Waals surface area contributed by atoms with E-state index < -0.39 is 0 Å². The molecular weight excluding hydrogens is 290 g/mol. The van der Waals surface area contributed by atoms with Gasteiger partial charge in [-0.05, 0) is 12.1 Å². The van der Waals surface area contributed by atoms with Crippen LogP contribution in [0.1, 0.15) is 0 Å². The molecule has 0 atom stereocenters. The van der Waals surface area contributed by atoms with Crippen molar-refractivity contribution in [3.8, 4) is 5.75 Å². The van der Waals surface area contributed by atoms with E-state index in [0.29, 0.717) is 10.8 Å². The Bertz CT molecular complexity index is 599. The number of hydrogen-bond acceptors (Lipinski definition) is 6. The molecule has 0 amide bonds. The van der Waals surface area contributed by atoms with E-state index in [0.717, 1.165) is 37.9 Å². The summed E-state index contributed by atoms with van der Waals surface area (Å²) >= 11 is 6.19. The van der Waals surface area contributed by atoms with Gasteiger partial charge < -0.3 is 14.5 Å². The molecule has 3 heterocycles. The molecule has 0 saturated carbocycles. The van der Waals surface area contributed by atoms with E-state index in [1.54, 1.807) is 25.7 Å². The Morgan fingerprint density at radius 2 is 1.71 bits per heavy atom. The van der Waals surface area contributed by atoms with Crippen LogP contribution in [0.15, 0.2) is 30.7 Å². The molecule has 1 saturated heterocycles. The SMILES string of the molecule is COc1cnc(N2CCN(c3ncccc3Cl)CC2)nc1. The zero-order chi connectivity index (χ0) is 14.7. The van der Waals surface area contributed by atoms with Gasteiger partial charge in [-0.25, -0.2) is 15.0 Å². The van der Waals surface area contributed by atoms with Crippen molar-refractivity contribution in [2.75, 3.05) is 43.1 Å². The quantitative estimate of drug-likeness (QED) is 0.863. The molecule has 110 valence electrons. The third-order valence-corrected chi connectivity index (χ3v) is 3.75. The number of piperazine rings is 1. The molecule has 2 aromatic heterocycles. The van der Waals surface area contributed by atoms with Gasteiger partial charge >= 0.3 is 0 Å². The number of anilines is 2. The van der Waals surface area contributed by atoms with Crippen LogP contribution in [0, 0.1) is 0 Å². The lowest BCUT2D eigenvalue weighted by Gasteiger charge is -2.35. The molecule has 0 bridgehead atoms. The molecular formula is C14H16ClN5O. The molecule has 2 aromatic rings. The number of nitrogens with zero attached hydrogens (tertiary/aromatic N) is 5. The van der Waals surface area contributed by atoms with E-state index in [1.165, 1.54) is 0 Å². The average Bonchev–Trinajstić information content (AvgIpc) is 2.56. The highest BCUT2D eigenvalue weighted by Crippen LogP contribution is 2.24. The minimum absolute atomic E-state index is 0.664. The molecule has 0 N–H and O–H groups in total. The maximum Gasteiger partial charge on any atom is 0.225 e. The predicted molar refractivity (Wildman–Crippen MR) is 82.3 cm³/mol. The topological polar surface area (TPSA) is 54.4 Å². The van der Waals surface area contributed by atoms with Gasteiger partial charge in [0, 0.05) is 32.4 Å². The zero-order valence-corrected chi connectivity index (χ0v) is 12.5. The van der Waals surface area contributed by atoms with E-state index in [2.05, 4.69) is 24.8 Å². The highest BCUT2D eigenvalue weighted by Gasteiger charge is 2.21. The Kier molecular flexibility index (Phi) is 4.06. The minimum atomic E-state index is 0.664. The second-order valence-electron chi connectivity index (χ2n) is 4.71. The van der Waals surface area contributed by atoms with Gasteiger partial charge in [-0.3, -0.25) is 0 Å². The summed E-state index contributed by atoms with van der Waals surface area (Å²) in [6, 6.07) is 3.70. The highest BCUT2D eigenvalue weighted by molar-refractivity contribution is 6.32. The van der Waals surface area contributed by atoms with Crippen LogP contribution in [-0.4, -0.2) is 48.2 Å². The summed E-state index contributed by atoms with van der Waals surface area (Å²) < 4.78 is 5.07.